The number of aliphatic hydroxyl groups excluding tert-OH is 1. The molecule has 0 radical (unpaired) electrons. The van der Waals surface area contributed by atoms with Crippen LogP contribution in [0.15, 0.2) is 48.6 Å². The number of hydrogen-bond donors (Lipinski definition) is 1. The van der Waals surface area contributed by atoms with Crippen molar-refractivity contribution in [2.45, 2.75) is 62.0 Å². The van der Waals surface area contributed by atoms with Crippen molar-refractivity contribution >= 4 is 40.9 Å². The largest absolute Gasteiger partial charge is 0.461 e. The highest BCUT2D eigenvalue weighted by Crippen LogP contribution is 2.65. The van der Waals surface area contributed by atoms with Crippen LogP contribution in [-0.2, 0) is 19.1 Å². The van der Waals surface area contributed by atoms with E-state index in [0.717, 1.165) is 50.1 Å². The molecule has 9 heteroatoms. The summed E-state index contributed by atoms with van der Waals surface area (Å²) in [6.07, 6.45) is 11.1. The first-order chi connectivity index (χ1) is 19.3. The predicted molar refractivity (Wildman–Crippen MR) is 158 cm³/mol. The summed E-state index contributed by atoms with van der Waals surface area (Å²) in [7, 11) is 0. The van der Waals surface area contributed by atoms with Gasteiger partial charge in [-0.15, -0.1) is 11.8 Å². The second kappa shape index (κ2) is 11.6. The van der Waals surface area contributed by atoms with Crippen molar-refractivity contribution < 1.29 is 24.2 Å². The van der Waals surface area contributed by atoms with Crippen molar-refractivity contribution in [3.8, 4) is 0 Å². The van der Waals surface area contributed by atoms with Crippen molar-refractivity contribution in [1.82, 2.24) is 4.90 Å². The summed E-state index contributed by atoms with van der Waals surface area (Å²) in [4.78, 5) is 47.9. The minimum absolute atomic E-state index is 0.114. The van der Waals surface area contributed by atoms with Crippen LogP contribution in [0.3, 0.4) is 0 Å². The van der Waals surface area contributed by atoms with Gasteiger partial charge in [0, 0.05) is 48.9 Å². The van der Waals surface area contributed by atoms with E-state index in [1.807, 2.05) is 55.5 Å². The van der Waals surface area contributed by atoms with Gasteiger partial charge in [0.05, 0.1) is 16.6 Å². The number of nitrogens with zero attached hydrogens (tertiary/aromatic N) is 3. The van der Waals surface area contributed by atoms with Gasteiger partial charge in [0.2, 0.25) is 5.91 Å². The average Bonchev–Trinajstić information content (AvgIpc) is 3.19. The summed E-state index contributed by atoms with van der Waals surface area (Å²) < 4.78 is 4.00. The van der Waals surface area contributed by atoms with Crippen LogP contribution in [0.1, 0.15) is 46.5 Å². The van der Waals surface area contributed by atoms with E-state index in [2.05, 4.69) is 18.7 Å². The van der Waals surface area contributed by atoms with Crippen LogP contribution in [0.5, 0.6) is 0 Å². The van der Waals surface area contributed by atoms with Crippen LogP contribution in [0.4, 0.5) is 11.4 Å². The lowest BCUT2D eigenvalue weighted by Crippen LogP contribution is -2.53. The molecular weight excluding hydrogens is 526 g/mol. The van der Waals surface area contributed by atoms with Crippen LogP contribution in [0.25, 0.3) is 0 Å². The molecule has 1 unspecified atom stereocenters. The van der Waals surface area contributed by atoms with Crippen LogP contribution in [-0.4, -0.2) is 82.7 Å². The molecule has 0 aromatic heterocycles. The third-order valence-electron chi connectivity index (χ3n) is 8.91. The number of fused-ring (bicyclic) bond motifs is 2. The summed E-state index contributed by atoms with van der Waals surface area (Å²) in [5, 5.41) is 9.17. The van der Waals surface area contributed by atoms with E-state index in [1.165, 1.54) is 0 Å². The molecule has 0 bridgehead atoms. The minimum atomic E-state index is -0.866. The van der Waals surface area contributed by atoms with Crippen molar-refractivity contribution in [3.05, 3.63) is 48.6 Å². The molecule has 2 fully saturated rings. The molecule has 1 spiro atoms. The van der Waals surface area contributed by atoms with E-state index < -0.39 is 27.4 Å². The molecule has 0 saturated carbocycles. The monoisotopic (exact) mass is 567 g/mol. The number of carbonyl (C=O) groups is 3. The molecule has 216 valence electrons. The van der Waals surface area contributed by atoms with Gasteiger partial charge in [-0.1, -0.05) is 31.1 Å². The van der Waals surface area contributed by atoms with Gasteiger partial charge in [0.25, 0.3) is 5.91 Å². The molecule has 2 amide bonds. The highest BCUT2D eigenvalue weighted by molar-refractivity contribution is 8.02. The Morgan fingerprint density at radius 1 is 0.975 bits per heavy atom. The molecule has 4 heterocycles. The molecule has 1 N–H and O–H groups in total. The summed E-state index contributed by atoms with van der Waals surface area (Å²) >= 11 is 1.57. The second-order valence-electron chi connectivity index (χ2n) is 11.2. The average molecular weight is 568 g/mol. The highest BCUT2D eigenvalue weighted by Gasteiger charge is 2.74. The zero-order valence-corrected chi connectivity index (χ0v) is 24.6. The maximum Gasteiger partial charge on any atom is 0.311 e. The lowest BCUT2D eigenvalue weighted by Gasteiger charge is -2.36. The number of unbranched alkanes of at least 4 members (excludes halogenated alkanes) is 3. The van der Waals surface area contributed by atoms with Crippen molar-refractivity contribution in [2.75, 3.05) is 49.2 Å². The molecule has 0 aliphatic carbocycles. The summed E-state index contributed by atoms with van der Waals surface area (Å²) in [5.41, 5.74) is 1.90. The van der Waals surface area contributed by atoms with Crippen molar-refractivity contribution in [3.63, 3.8) is 0 Å². The normalized spacial score (nSPS) is 31.0. The van der Waals surface area contributed by atoms with Gasteiger partial charge in [-0.25, -0.2) is 0 Å². The maximum absolute atomic E-state index is 14.5. The fourth-order valence-corrected chi connectivity index (χ4v) is 9.16. The number of rotatable bonds is 10. The Kier molecular flexibility index (Phi) is 8.34. The number of benzene rings is 1. The zero-order chi connectivity index (χ0) is 28.5. The fraction of sp³-hybridized carbons (Fsp3) is 0.581. The Labute approximate surface area is 241 Å². The number of cyclic esters (lactones) is 1. The van der Waals surface area contributed by atoms with Crippen LogP contribution in [0, 0.1) is 11.8 Å². The quantitative estimate of drug-likeness (QED) is 0.261. The molecule has 5 atom stereocenters. The Hall–Kier alpha value is -2.78. The zero-order valence-electron chi connectivity index (χ0n) is 23.8. The van der Waals surface area contributed by atoms with E-state index in [0.29, 0.717) is 13.1 Å². The summed E-state index contributed by atoms with van der Waals surface area (Å²) in [6, 6.07) is 7.34. The van der Waals surface area contributed by atoms with E-state index in [9.17, 15) is 14.4 Å². The third kappa shape index (κ3) is 4.75. The van der Waals surface area contributed by atoms with Crippen molar-refractivity contribution in [2.24, 2.45) is 11.8 Å². The molecule has 1 aromatic rings. The number of ether oxygens (including phenoxy) is 1. The van der Waals surface area contributed by atoms with Gasteiger partial charge in [0.1, 0.15) is 12.6 Å². The number of carbonyl (C=O) groups excluding carboxylic acids is 3. The number of amides is 2. The first-order valence-electron chi connectivity index (χ1n) is 14.6. The molecule has 4 aliphatic rings. The molecule has 1 aromatic carbocycles. The first kappa shape index (κ1) is 28.7. The topological polar surface area (TPSA) is 90.4 Å². The lowest BCUT2D eigenvalue weighted by molar-refractivity contribution is -0.152. The first-order valence-corrected chi connectivity index (χ1v) is 15.4. The SMILES string of the molecule is CCN(CC)c1ccc(N2CC=C[C@]34S[C@@]5(C)C=CCOC(=O)[C@H]5[C@H]3C(=O)N(CCCCCCO)C4C2=O)cc1. The number of likely N-dealkylation sites (tertiary alicyclic amines) is 1. The predicted octanol–water partition coefficient (Wildman–Crippen LogP) is 3.79. The molecular formula is C31H41N3O5S. The molecule has 40 heavy (non-hydrogen) atoms. The maximum atomic E-state index is 14.5. The summed E-state index contributed by atoms with van der Waals surface area (Å²) in [6.45, 7) is 9.22. The smallest absolute Gasteiger partial charge is 0.311 e. The number of hydrogen-bond acceptors (Lipinski definition) is 7. The van der Waals surface area contributed by atoms with Gasteiger partial charge < -0.3 is 24.5 Å². The van der Waals surface area contributed by atoms with Gasteiger partial charge in [0.15, 0.2) is 0 Å². The van der Waals surface area contributed by atoms with Crippen molar-refractivity contribution in [1.29, 1.82) is 0 Å². The molecule has 8 nitrogen and oxygen atoms in total. The number of anilines is 2. The molecule has 5 rings (SSSR count). The minimum Gasteiger partial charge on any atom is -0.461 e. The number of thioether (sulfide) groups is 1. The van der Waals surface area contributed by atoms with Gasteiger partial charge in [-0.05, 0) is 64.0 Å². The molecule has 2 saturated heterocycles. The standard InChI is InChI=1S/C31H41N3O5S/c1-4-32(5-2)22-12-14-23(15-13-22)33-19-10-17-31-24(25-29(38)39-21-11-16-30(25,3)40-31)27(36)34(26(31)28(33)37)18-8-6-7-9-20-35/h10-17,24-26,35H,4-9,18-21H2,1-3H3/t24-,25+,26?,30-,31-/m0/s1. The van der Waals surface area contributed by atoms with E-state index in [1.54, 1.807) is 21.6 Å². The number of esters is 1. The number of aliphatic hydroxyl groups is 1. The Morgan fingerprint density at radius 2 is 1.70 bits per heavy atom. The lowest BCUT2D eigenvalue weighted by atomic mass is 9.75. The van der Waals surface area contributed by atoms with Crippen LogP contribution >= 0.6 is 11.8 Å². The second-order valence-corrected chi connectivity index (χ2v) is 13.0. The van der Waals surface area contributed by atoms with Gasteiger partial charge in [-0.3, -0.25) is 14.4 Å². The van der Waals surface area contributed by atoms with E-state index in [-0.39, 0.29) is 31.0 Å². The fourth-order valence-electron chi connectivity index (χ4n) is 7.01. The Balaban J connectivity index is 1.52. The van der Waals surface area contributed by atoms with E-state index >= 15 is 0 Å². The highest BCUT2D eigenvalue weighted by atomic mass is 32.2. The molecule has 4 aliphatic heterocycles. The Morgan fingerprint density at radius 3 is 2.40 bits per heavy atom. The van der Waals surface area contributed by atoms with Crippen LogP contribution < -0.4 is 9.80 Å². The Bertz CT molecular complexity index is 1180. The van der Waals surface area contributed by atoms with Crippen LogP contribution in [0.2, 0.25) is 0 Å². The van der Waals surface area contributed by atoms with E-state index in [4.69, 9.17) is 9.84 Å². The van der Waals surface area contributed by atoms with Gasteiger partial charge in [-0.2, -0.15) is 0 Å². The summed E-state index contributed by atoms with van der Waals surface area (Å²) in [5.74, 6) is -1.96. The van der Waals surface area contributed by atoms with Gasteiger partial charge >= 0.3 is 5.97 Å². The third-order valence-corrected chi connectivity index (χ3v) is 10.7.